The molecule has 9 nitrogen and oxygen atoms in total. The van der Waals surface area contributed by atoms with Gasteiger partial charge in [-0.3, -0.25) is 19.8 Å². The number of hydrogen-bond acceptors (Lipinski definition) is 8. The van der Waals surface area contributed by atoms with Crippen molar-refractivity contribution in [2.45, 2.75) is 18.7 Å². The fourth-order valence-electron chi connectivity index (χ4n) is 3.32. The highest BCUT2D eigenvalue weighted by molar-refractivity contribution is 7.90. The second-order valence-electron chi connectivity index (χ2n) is 7.60. The van der Waals surface area contributed by atoms with Gasteiger partial charge in [-0.05, 0) is 42.9 Å². The van der Waals surface area contributed by atoms with E-state index in [-0.39, 0.29) is 16.5 Å². The number of anilines is 1. The van der Waals surface area contributed by atoms with E-state index in [4.69, 9.17) is 0 Å². The van der Waals surface area contributed by atoms with Gasteiger partial charge in [-0.1, -0.05) is 37.3 Å². The van der Waals surface area contributed by atoms with E-state index < -0.39 is 14.8 Å². The van der Waals surface area contributed by atoms with Crippen LogP contribution < -0.4 is 4.90 Å². The van der Waals surface area contributed by atoms with Crippen molar-refractivity contribution in [3.63, 3.8) is 0 Å². The number of carbonyl (C=O) groups is 1. The number of hydrogen-bond donors (Lipinski definition) is 0. The van der Waals surface area contributed by atoms with Gasteiger partial charge in [0.05, 0.1) is 20.0 Å². The monoisotopic (exact) mass is 502 g/mol. The van der Waals surface area contributed by atoms with Crippen molar-refractivity contribution in [1.82, 2.24) is 9.88 Å². The van der Waals surface area contributed by atoms with Gasteiger partial charge < -0.3 is 4.90 Å². The molecular formula is C23H26N4O5S2. The third-order valence-corrected chi connectivity index (χ3v) is 7.46. The van der Waals surface area contributed by atoms with Gasteiger partial charge in [-0.25, -0.2) is 13.4 Å². The number of nitro benzene ring substituents is 1. The molecule has 0 bridgehead atoms. The summed E-state index contributed by atoms with van der Waals surface area (Å²) in [6, 6.07) is 10.7. The minimum Gasteiger partial charge on any atom is -0.302 e. The maximum absolute atomic E-state index is 13.2. The van der Waals surface area contributed by atoms with Gasteiger partial charge in [-0.15, -0.1) is 0 Å². The standard InChI is InChI=1S/C23H26N4O5S2/c1-4-25(5-2)13-14-26(22(28)12-9-17-7-6-8-18(15-17)27(29)30)23-24-20-11-10-19(34(3,31)32)16-21(20)33-23/h6-12,15-16H,4-5,13-14H2,1-3H3/b12-9+. The van der Waals surface area contributed by atoms with Crippen LogP contribution in [0.5, 0.6) is 0 Å². The summed E-state index contributed by atoms with van der Waals surface area (Å²) in [4.78, 5) is 32.2. The molecule has 0 saturated carbocycles. The number of aromatic nitrogens is 1. The highest BCUT2D eigenvalue weighted by Gasteiger charge is 2.20. The molecule has 0 radical (unpaired) electrons. The van der Waals surface area contributed by atoms with Crippen LogP contribution in [-0.2, 0) is 14.6 Å². The van der Waals surface area contributed by atoms with Crippen LogP contribution in [0.2, 0.25) is 0 Å². The summed E-state index contributed by atoms with van der Waals surface area (Å²) in [6.07, 6.45) is 4.05. The first-order chi connectivity index (χ1) is 16.1. The Morgan fingerprint density at radius 2 is 1.88 bits per heavy atom. The Balaban J connectivity index is 1.93. The average molecular weight is 503 g/mol. The Kier molecular flexibility index (Phi) is 8.13. The lowest BCUT2D eigenvalue weighted by Crippen LogP contribution is -2.38. The van der Waals surface area contributed by atoms with Crippen LogP contribution in [0.15, 0.2) is 53.4 Å². The summed E-state index contributed by atoms with van der Waals surface area (Å²) in [5.41, 5.74) is 1.09. The van der Waals surface area contributed by atoms with Gasteiger partial charge in [0.25, 0.3) is 11.6 Å². The summed E-state index contributed by atoms with van der Waals surface area (Å²) in [5.74, 6) is -0.318. The molecule has 3 aromatic rings. The van der Waals surface area contributed by atoms with Crippen LogP contribution in [0.4, 0.5) is 10.8 Å². The number of non-ortho nitro benzene ring substituents is 1. The molecule has 0 aliphatic heterocycles. The third-order valence-electron chi connectivity index (χ3n) is 5.31. The molecule has 0 saturated heterocycles. The smallest absolute Gasteiger partial charge is 0.270 e. The van der Waals surface area contributed by atoms with E-state index in [2.05, 4.69) is 9.88 Å². The minimum absolute atomic E-state index is 0.0548. The molecule has 0 spiro atoms. The lowest BCUT2D eigenvalue weighted by Gasteiger charge is -2.23. The minimum atomic E-state index is -3.37. The first kappa shape index (κ1) is 25.5. The number of rotatable bonds is 10. The number of sulfone groups is 1. The first-order valence-electron chi connectivity index (χ1n) is 10.7. The second kappa shape index (κ2) is 10.9. The molecule has 1 amide bonds. The van der Waals surface area contributed by atoms with Gasteiger partial charge >= 0.3 is 0 Å². The number of thiazole rings is 1. The zero-order chi connectivity index (χ0) is 24.9. The van der Waals surface area contributed by atoms with E-state index in [1.807, 2.05) is 13.8 Å². The summed E-state index contributed by atoms with van der Waals surface area (Å²) >= 11 is 1.25. The molecule has 0 unspecified atom stereocenters. The van der Waals surface area contributed by atoms with Crippen molar-refractivity contribution in [3.05, 3.63) is 64.2 Å². The highest BCUT2D eigenvalue weighted by Crippen LogP contribution is 2.31. The predicted molar refractivity (Wildman–Crippen MR) is 135 cm³/mol. The normalized spacial score (nSPS) is 12.0. The maximum atomic E-state index is 13.2. The summed E-state index contributed by atoms with van der Waals surface area (Å²) in [6.45, 7) is 6.77. The molecule has 1 heterocycles. The van der Waals surface area contributed by atoms with E-state index in [0.717, 1.165) is 19.3 Å². The Morgan fingerprint density at radius 1 is 1.15 bits per heavy atom. The highest BCUT2D eigenvalue weighted by atomic mass is 32.2. The number of nitro groups is 1. The zero-order valence-corrected chi connectivity index (χ0v) is 20.8. The topological polar surface area (TPSA) is 114 Å². The number of nitrogens with zero attached hydrogens (tertiary/aromatic N) is 4. The van der Waals surface area contributed by atoms with Crippen molar-refractivity contribution in [2.75, 3.05) is 37.3 Å². The van der Waals surface area contributed by atoms with Gasteiger partial charge in [0.15, 0.2) is 15.0 Å². The van der Waals surface area contributed by atoms with Crippen LogP contribution in [0.1, 0.15) is 19.4 Å². The molecule has 2 aromatic carbocycles. The number of carbonyl (C=O) groups excluding carboxylic acids is 1. The van der Waals surface area contributed by atoms with Crippen LogP contribution in [0.25, 0.3) is 16.3 Å². The zero-order valence-electron chi connectivity index (χ0n) is 19.2. The van der Waals surface area contributed by atoms with E-state index in [1.54, 1.807) is 29.2 Å². The van der Waals surface area contributed by atoms with Crippen molar-refractivity contribution in [1.29, 1.82) is 0 Å². The summed E-state index contributed by atoms with van der Waals surface area (Å²) in [5, 5.41) is 11.5. The van der Waals surface area contributed by atoms with Gasteiger partial charge in [-0.2, -0.15) is 0 Å². The van der Waals surface area contributed by atoms with Crippen molar-refractivity contribution in [2.24, 2.45) is 0 Å². The Bertz CT molecular complexity index is 1330. The van der Waals surface area contributed by atoms with Gasteiger partial charge in [0.1, 0.15) is 0 Å². The first-order valence-corrected chi connectivity index (χ1v) is 13.4. The fourth-order valence-corrected chi connectivity index (χ4v) is 5.08. The molecular weight excluding hydrogens is 476 g/mol. The number of fused-ring (bicyclic) bond motifs is 1. The number of amides is 1. The third kappa shape index (κ3) is 6.25. The molecule has 3 rings (SSSR count). The lowest BCUT2D eigenvalue weighted by molar-refractivity contribution is -0.384. The van der Waals surface area contributed by atoms with Gasteiger partial charge in [0.2, 0.25) is 0 Å². The maximum Gasteiger partial charge on any atom is 0.270 e. The number of likely N-dealkylation sites (N-methyl/N-ethyl adjacent to an activating group) is 1. The Hall–Kier alpha value is -3.15. The van der Waals surface area contributed by atoms with Crippen LogP contribution in [0.3, 0.4) is 0 Å². The average Bonchev–Trinajstić information content (AvgIpc) is 3.23. The fraction of sp³-hybridized carbons (Fsp3) is 0.304. The second-order valence-corrected chi connectivity index (χ2v) is 10.6. The molecule has 0 N–H and O–H groups in total. The molecule has 180 valence electrons. The van der Waals surface area contributed by atoms with E-state index in [0.29, 0.717) is 34.0 Å². The quantitative estimate of drug-likeness (QED) is 0.234. The van der Waals surface area contributed by atoms with Crippen LogP contribution in [-0.4, -0.2) is 61.6 Å². The molecule has 0 aliphatic carbocycles. The molecule has 0 aliphatic rings. The van der Waals surface area contributed by atoms with E-state index in [1.165, 1.54) is 41.7 Å². The Labute approximate surface area is 202 Å². The predicted octanol–water partition coefficient (Wildman–Crippen LogP) is 4.00. The summed E-state index contributed by atoms with van der Waals surface area (Å²) < 4.78 is 24.5. The van der Waals surface area contributed by atoms with E-state index >= 15 is 0 Å². The van der Waals surface area contributed by atoms with Crippen molar-refractivity contribution >= 4 is 54.2 Å². The summed E-state index contributed by atoms with van der Waals surface area (Å²) in [7, 11) is -3.37. The van der Waals surface area contributed by atoms with Crippen LogP contribution >= 0.6 is 11.3 Å². The van der Waals surface area contributed by atoms with Gasteiger partial charge in [0, 0.05) is 37.6 Å². The number of benzene rings is 2. The molecule has 0 fully saturated rings. The molecule has 34 heavy (non-hydrogen) atoms. The molecule has 11 heteroatoms. The lowest BCUT2D eigenvalue weighted by atomic mass is 10.2. The molecule has 0 atom stereocenters. The van der Waals surface area contributed by atoms with Crippen molar-refractivity contribution < 1.29 is 18.1 Å². The van der Waals surface area contributed by atoms with E-state index in [9.17, 15) is 23.3 Å². The molecule has 1 aromatic heterocycles. The van der Waals surface area contributed by atoms with Crippen molar-refractivity contribution in [3.8, 4) is 0 Å². The van der Waals surface area contributed by atoms with Crippen LogP contribution in [0, 0.1) is 10.1 Å². The largest absolute Gasteiger partial charge is 0.302 e. The Morgan fingerprint density at radius 3 is 2.53 bits per heavy atom. The SMILES string of the molecule is CCN(CC)CCN(C(=O)/C=C/c1cccc([N+](=O)[O-])c1)c1nc2ccc(S(C)(=O)=O)cc2s1.